The molecule has 1 N–H and O–H groups in total. The number of nitrogens with zero attached hydrogens (tertiary/aromatic N) is 2. The molecule has 4 aliphatic rings. The van der Waals surface area contributed by atoms with Crippen molar-refractivity contribution in [3.63, 3.8) is 0 Å². The molecule has 5 atom stereocenters. The van der Waals surface area contributed by atoms with Gasteiger partial charge >= 0.3 is 0 Å². The van der Waals surface area contributed by atoms with Gasteiger partial charge in [-0.1, -0.05) is 79.4 Å². The summed E-state index contributed by atoms with van der Waals surface area (Å²) in [5, 5.41) is 3.52. The van der Waals surface area contributed by atoms with Gasteiger partial charge in [-0.2, -0.15) is 0 Å². The minimum absolute atomic E-state index is 0.203. The number of carbonyl (C=O) groups is 1. The van der Waals surface area contributed by atoms with E-state index in [1.54, 1.807) is 11.1 Å². The lowest BCUT2D eigenvalue weighted by molar-refractivity contribution is -0.144. The van der Waals surface area contributed by atoms with Crippen LogP contribution in [0.15, 0.2) is 11.1 Å². The van der Waals surface area contributed by atoms with Gasteiger partial charge in [-0.15, -0.1) is 0 Å². The average Bonchev–Trinajstić information content (AvgIpc) is 2.95. The van der Waals surface area contributed by atoms with Crippen LogP contribution in [-0.2, 0) is 9.22 Å². The summed E-state index contributed by atoms with van der Waals surface area (Å²) in [5.74, 6) is 2.40. The van der Waals surface area contributed by atoms with Crippen LogP contribution in [0.4, 0.5) is 0 Å². The molecule has 0 aromatic heterocycles. The number of amides is 1. The maximum Gasteiger partial charge on any atom is 0.220 e. The summed E-state index contributed by atoms with van der Waals surface area (Å²) in [6.07, 6.45) is 14.6. The summed E-state index contributed by atoms with van der Waals surface area (Å²) >= 11 is 0. The highest BCUT2D eigenvalue weighted by Crippen LogP contribution is 2.65. The second-order valence-electron chi connectivity index (χ2n) is 17.8. The monoisotopic (exact) mass is 643 g/mol. The molecule has 4 rings (SSSR count). The molecule has 0 aromatic rings. The van der Waals surface area contributed by atoms with Gasteiger partial charge in [-0.3, -0.25) is 4.79 Å². The van der Waals surface area contributed by atoms with E-state index in [0.29, 0.717) is 35.3 Å². The van der Waals surface area contributed by atoms with Gasteiger partial charge < -0.3 is 19.5 Å². The number of rotatable bonds is 13. The molecule has 3 unspecified atom stereocenters. The molecule has 0 spiro atoms. The third-order valence-electron chi connectivity index (χ3n) is 12.9. The quantitative estimate of drug-likeness (QED) is 0.124. The number of piperazine rings is 1. The summed E-state index contributed by atoms with van der Waals surface area (Å²) in [5.41, 5.74) is 4.45. The Hall–Kier alpha value is -0.693. The fraction of sp³-hybridized carbons (Fsp3) is 0.923. The summed E-state index contributed by atoms with van der Waals surface area (Å²) in [6, 6.07) is 0. The smallest absolute Gasteiger partial charge is 0.220 e. The second-order valence-corrected chi connectivity index (χ2v) is 21.5. The maximum atomic E-state index is 12.9. The van der Waals surface area contributed by atoms with Crippen molar-refractivity contribution in [3.05, 3.63) is 11.1 Å². The third kappa shape index (κ3) is 9.06. The molecule has 259 valence electrons. The lowest BCUT2D eigenvalue weighted by Gasteiger charge is -2.63. The first-order valence-corrected chi connectivity index (χ1v) is 20.5. The highest BCUT2D eigenvalue weighted by Gasteiger charge is 2.59. The predicted octanol–water partition coefficient (Wildman–Crippen LogP) is 8.86. The number of unbranched alkanes of at least 4 members (excludes halogenated alkanes) is 3. The average molecular weight is 643 g/mol. The van der Waals surface area contributed by atoms with Crippen LogP contribution in [0.2, 0.25) is 10.6 Å². The molecule has 0 aromatic carbocycles. The molecule has 0 bridgehead atoms. The Morgan fingerprint density at radius 2 is 1.69 bits per heavy atom. The number of hydrogen-bond acceptors (Lipinski definition) is 4. The molecule has 3 aliphatic carbocycles. The van der Waals surface area contributed by atoms with Crippen LogP contribution in [0.3, 0.4) is 0 Å². The van der Waals surface area contributed by atoms with E-state index in [9.17, 15) is 4.79 Å². The Bertz CT molecular complexity index is 995. The van der Waals surface area contributed by atoms with Gasteiger partial charge in [0.2, 0.25) is 14.9 Å². The standard InChI is InChI=1S/C39H72N3O2Si/c1-29(2)45(37(4,5)6)44-35-21-22-39(9)33-18-15-30(3)31(32(33)16-19-34(39)38(35,7)8)17-20-36(43)40-23-13-11-12-14-24-42-27-25-41(10)26-28-42/h29,32-35H,11-28H2,1-10H3,(H,40,43)/t32?,33?,34?,35-,39+/m0/s1. The Morgan fingerprint density at radius 3 is 2.36 bits per heavy atom. The molecule has 1 heterocycles. The molecular weight excluding hydrogens is 571 g/mol. The number of allylic oxidation sites excluding steroid dienone is 2. The lowest BCUT2D eigenvalue weighted by Crippen LogP contribution is -2.58. The Kier molecular flexibility index (Phi) is 12.9. The van der Waals surface area contributed by atoms with Crippen molar-refractivity contribution in [1.82, 2.24) is 15.1 Å². The van der Waals surface area contributed by atoms with Crippen LogP contribution in [0, 0.1) is 28.6 Å². The molecule has 2 saturated carbocycles. The Labute approximate surface area is 280 Å². The summed E-state index contributed by atoms with van der Waals surface area (Å²) in [4.78, 5) is 18.0. The van der Waals surface area contributed by atoms with E-state index < -0.39 is 9.04 Å². The van der Waals surface area contributed by atoms with Gasteiger partial charge in [0, 0.05) is 39.1 Å². The molecular formula is C39H72N3O2Si. The number of carbonyl (C=O) groups excluding carboxylic acids is 1. The zero-order valence-electron chi connectivity index (χ0n) is 31.3. The second kappa shape index (κ2) is 15.7. The molecule has 1 saturated heterocycles. The van der Waals surface area contributed by atoms with Crippen molar-refractivity contribution < 1.29 is 9.22 Å². The van der Waals surface area contributed by atoms with Gasteiger partial charge in [-0.05, 0) is 117 Å². The fourth-order valence-corrected chi connectivity index (χ4v) is 13.5. The molecule has 1 radical (unpaired) electrons. The van der Waals surface area contributed by atoms with Gasteiger partial charge in [0.25, 0.3) is 0 Å². The number of nitrogens with one attached hydrogen (secondary N) is 1. The first-order chi connectivity index (χ1) is 21.1. The van der Waals surface area contributed by atoms with Gasteiger partial charge in [0.1, 0.15) is 0 Å². The van der Waals surface area contributed by atoms with Gasteiger partial charge in [-0.25, -0.2) is 0 Å². The fourth-order valence-electron chi connectivity index (χ4n) is 10.4. The summed E-state index contributed by atoms with van der Waals surface area (Å²) in [6.45, 7) is 29.0. The van der Waals surface area contributed by atoms with Crippen LogP contribution in [-0.4, -0.2) is 77.2 Å². The minimum atomic E-state index is -0.924. The van der Waals surface area contributed by atoms with E-state index in [-0.39, 0.29) is 16.4 Å². The van der Waals surface area contributed by atoms with E-state index in [1.165, 1.54) is 90.5 Å². The molecule has 5 nitrogen and oxygen atoms in total. The van der Waals surface area contributed by atoms with Crippen molar-refractivity contribution in [1.29, 1.82) is 0 Å². The number of likely N-dealkylation sites (N-methyl/N-ethyl adjacent to an activating group) is 1. The van der Waals surface area contributed by atoms with Crippen LogP contribution in [0.5, 0.6) is 0 Å². The summed E-state index contributed by atoms with van der Waals surface area (Å²) in [7, 11) is 1.30. The van der Waals surface area contributed by atoms with E-state index in [4.69, 9.17) is 4.43 Å². The van der Waals surface area contributed by atoms with E-state index >= 15 is 0 Å². The number of fused-ring (bicyclic) bond motifs is 3. The van der Waals surface area contributed by atoms with E-state index in [0.717, 1.165) is 25.3 Å². The lowest BCUT2D eigenvalue weighted by atomic mass is 9.43. The van der Waals surface area contributed by atoms with Crippen LogP contribution < -0.4 is 5.32 Å². The zero-order chi connectivity index (χ0) is 33.0. The SMILES string of the molecule is CC1=C(CCC(=O)NCCCCCCN2CCN(C)CC2)C2CCC3C(C)(C)[C@@H](O[Si](C(C)C)C(C)(C)C)CC[C@]3(C)C2CC1. The van der Waals surface area contributed by atoms with Crippen molar-refractivity contribution in [2.75, 3.05) is 46.3 Å². The summed E-state index contributed by atoms with van der Waals surface area (Å²) < 4.78 is 7.20. The molecule has 1 amide bonds. The molecule has 1 aliphatic heterocycles. The van der Waals surface area contributed by atoms with E-state index in [2.05, 4.69) is 84.5 Å². The van der Waals surface area contributed by atoms with Crippen LogP contribution >= 0.6 is 0 Å². The Balaban J connectivity index is 1.24. The van der Waals surface area contributed by atoms with Crippen molar-refractivity contribution >= 4 is 14.9 Å². The van der Waals surface area contributed by atoms with Crippen LogP contribution in [0.25, 0.3) is 0 Å². The predicted molar refractivity (Wildman–Crippen MR) is 193 cm³/mol. The normalized spacial score (nSPS) is 31.3. The van der Waals surface area contributed by atoms with Crippen molar-refractivity contribution in [3.8, 4) is 0 Å². The van der Waals surface area contributed by atoms with Crippen LogP contribution in [0.1, 0.15) is 139 Å². The highest BCUT2D eigenvalue weighted by atomic mass is 28.3. The molecule has 45 heavy (non-hydrogen) atoms. The van der Waals surface area contributed by atoms with Gasteiger partial charge in [0.15, 0.2) is 0 Å². The largest absolute Gasteiger partial charge is 0.412 e. The highest BCUT2D eigenvalue weighted by molar-refractivity contribution is 6.56. The number of hydrogen-bond donors (Lipinski definition) is 1. The molecule has 6 heteroatoms. The topological polar surface area (TPSA) is 44.8 Å². The first kappa shape index (κ1) is 37.1. The third-order valence-corrected chi connectivity index (χ3v) is 15.9. The zero-order valence-corrected chi connectivity index (χ0v) is 32.3. The van der Waals surface area contributed by atoms with Crippen molar-refractivity contribution in [2.24, 2.45) is 28.6 Å². The minimum Gasteiger partial charge on any atom is -0.412 e. The molecule has 3 fully saturated rings. The first-order valence-electron chi connectivity index (χ1n) is 19.0. The Morgan fingerprint density at radius 1 is 1.00 bits per heavy atom. The maximum absolute atomic E-state index is 12.9. The van der Waals surface area contributed by atoms with E-state index in [1.807, 2.05) is 0 Å². The van der Waals surface area contributed by atoms with Gasteiger partial charge in [0.05, 0.1) is 6.10 Å². The van der Waals surface area contributed by atoms with Crippen molar-refractivity contribution in [2.45, 2.75) is 156 Å².